The van der Waals surface area contributed by atoms with Crippen LogP contribution in [0.1, 0.15) is 27.9 Å². The van der Waals surface area contributed by atoms with Gasteiger partial charge in [0.15, 0.2) is 0 Å². The van der Waals surface area contributed by atoms with Crippen molar-refractivity contribution in [1.29, 1.82) is 0 Å². The Morgan fingerprint density at radius 1 is 0.935 bits per heavy atom. The molecule has 162 valence electrons. The molecule has 0 radical (unpaired) electrons. The Bertz CT molecular complexity index is 1130. The lowest BCUT2D eigenvalue weighted by atomic mass is 10.1. The summed E-state index contributed by atoms with van der Waals surface area (Å²) in [5.74, 6) is 0.485. The first-order chi connectivity index (χ1) is 14.9. The highest BCUT2D eigenvalue weighted by atomic mass is 32.2. The van der Waals surface area contributed by atoms with Crippen molar-refractivity contribution < 1.29 is 17.9 Å². The van der Waals surface area contributed by atoms with E-state index < -0.39 is 10.0 Å². The number of hydrogen-bond donors (Lipinski definition) is 2. The van der Waals surface area contributed by atoms with E-state index in [0.29, 0.717) is 6.54 Å². The van der Waals surface area contributed by atoms with Gasteiger partial charge in [0.25, 0.3) is 15.9 Å². The van der Waals surface area contributed by atoms with Crippen LogP contribution in [0.25, 0.3) is 0 Å². The van der Waals surface area contributed by atoms with Crippen LogP contribution in [-0.4, -0.2) is 28.0 Å². The number of methoxy groups -OCH3 is 1. The van der Waals surface area contributed by atoms with Gasteiger partial charge in [0.2, 0.25) is 0 Å². The van der Waals surface area contributed by atoms with Crippen molar-refractivity contribution in [3.05, 3.63) is 89.5 Å². The lowest BCUT2D eigenvalue weighted by Crippen LogP contribution is -2.26. The van der Waals surface area contributed by atoms with Crippen LogP contribution in [0.5, 0.6) is 5.75 Å². The molecule has 3 rings (SSSR count). The topological polar surface area (TPSA) is 84.5 Å². The first kappa shape index (κ1) is 22.4. The first-order valence-corrected chi connectivity index (χ1v) is 11.5. The Kier molecular flexibility index (Phi) is 7.31. The van der Waals surface area contributed by atoms with Crippen LogP contribution < -0.4 is 14.8 Å². The second-order valence-electron chi connectivity index (χ2n) is 7.17. The lowest BCUT2D eigenvalue weighted by Gasteiger charge is -2.13. The standard InChI is InChI=1S/C24H26N2O4S/c1-18-9-15-21(16-10-18)31(28,29)26-23-8-4-3-7-22(23)24(27)25-17-5-6-19-11-13-20(30-2)14-12-19/h3-4,7-16,26H,5-6,17H2,1-2H3,(H,25,27). The number of sulfonamides is 1. The normalized spacial score (nSPS) is 11.0. The van der Waals surface area contributed by atoms with Crippen LogP contribution in [0, 0.1) is 6.92 Å². The maximum atomic E-state index is 12.7. The zero-order valence-electron chi connectivity index (χ0n) is 17.6. The molecule has 1 amide bonds. The van der Waals surface area contributed by atoms with E-state index in [1.165, 1.54) is 0 Å². The molecular weight excluding hydrogens is 412 g/mol. The minimum absolute atomic E-state index is 0.146. The summed E-state index contributed by atoms with van der Waals surface area (Å²) in [5.41, 5.74) is 2.65. The van der Waals surface area contributed by atoms with Crippen LogP contribution in [0.3, 0.4) is 0 Å². The van der Waals surface area contributed by atoms with E-state index >= 15 is 0 Å². The summed E-state index contributed by atoms with van der Waals surface area (Å²) in [6.45, 7) is 2.36. The van der Waals surface area contributed by atoms with E-state index in [1.54, 1.807) is 55.6 Å². The number of anilines is 1. The zero-order valence-corrected chi connectivity index (χ0v) is 18.4. The average Bonchev–Trinajstić information content (AvgIpc) is 2.77. The third-order valence-electron chi connectivity index (χ3n) is 4.83. The molecule has 0 saturated carbocycles. The van der Waals surface area contributed by atoms with Crippen molar-refractivity contribution in [3.63, 3.8) is 0 Å². The Morgan fingerprint density at radius 3 is 2.29 bits per heavy atom. The summed E-state index contributed by atoms with van der Waals surface area (Å²) >= 11 is 0. The molecule has 0 aliphatic rings. The van der Waals surface area contributed by atoms with Crippen molar-refractivity contribution in [3.8, 4) is 5.75 Å². The average molecular weight is 439 g/mol. The van der Waals surface area contributed by atoms with Gasteiger partial charge >= 0.3 is 0 Å². The summed E-state index contributed by atoms with van der Waals surface area (Å²) in [4.78, 5) is 12.8. The van der Waals surface area contributed by atoms with Crippen LogP contribution >= 0.6 is 0 Å². The highest BCUT2D eigenvalue weighted by molar-refractivity contribution is 7.92. The molecule has 3 aromatic carbocycles. The number of nitrogens with one attached hydrogen (secondary N) is 2. The van der Waals surface area contributed by atoms with Crippen LogP contribution in [-0.2, 0) is 16.4 Å². The van der Waals surface area contributed by atoms with E-state index in [4.69, 9.17) is 4.74 Å². The number of amides is 1. The van der Waals surface area contributed by atoms with Crippen LogP contribution in [0.15, 0.2) is 77.7 Å². The molecule has 31 heavy (non-hydrogen) atoms. The SMILES string of the molecule is COc1ccc(CCCNC(=O)c2ccccc2NS(=O)(=O)c2ccc(C)cc2)cc1. The number of para-hydroxylation sites is 1. The lowest BCUT2D eigenvalue weighted by molar-refractivity contribution is 0.0954. The molecule has 3 aromatic rings. The zero-order chi connectivity index (χ0) is 22.3. The maximum Gasteiger partial charge on any atom is 0.261 e. The fraction of sp³-hybridized carbons (Fsp3) is 0.208. The van der Waals surface area contributed by atoms with Gasteiger partial charge in [-0.3, -0.25) is 9.52 Å². The van der Waals surface area contributed by atoms with E-state index in [1.807, 2.05) is 31.2 Å². The maximum absolute atomic E-state index is 12.7. The number of hydrogen-bond acceptors (Lipinski definition) is 4. The minimum atomic E-state index is -3.79. The predicted octanol–water partition coefficient (Wildman–Crippen LogP) is 4.17. The fourth-order valence-corrected chi connectivity index (χ4v) is 4.15. The van der Waals surface area contributed by atoms with Gasteiger partial charge in [-0.1, -0.05) is 42.0 Å². The van der Waals surface area contributed by atoms with Crippen molar-refractivity contribution >= 4 is 21.6 Å². The van der Waals surface area contributed by atoms with Crippen molar-refractivity contribution in [2.75, 3.05) is 18.4 Å². The molecule has 0 unspecified atom stereocenters. The molecule has 0 aliphatic heterocycles. The minimum Gasteiger partial charge on any atom is -0.497 e. The Hall–Kier alpha value is -3.32. The highest BCUT2D eigenvalue weighted by Crippen LogP contribution is 2.20. The first-order valence-electron chi connectivity index (χ1n) is 9.99. The monoisotopic (exact) mass is 438 g/mol. The highest BCUT2D eigenvalue weighted by Gasteiger charge is 2.18. The molecule has 0 fully saturated rings. The van der Waals surface area contributed by atoms with E-state index in [9.17, 15) is 13.2 Å². The third kappa shape index (κ3) is 6.08. The van der Waals surface area contributed by atoms with E-state index in [2.05, 4.69) is 10.0 Å². The van der Waals surface area contributed by atoms with Gasteiger partial charge in [-0.25, -0.2) is 8.42 Å². The summed E-state index contributed by atoms with van der Waals surface area (Å²) in [6, 6.07) is 20.9. The van der Waals surface area contributed by atoms with Crippen molar-refractivity contribution in [1.82, 2.24) is 5.32 Å². The second-order valence-corrected chi connectivity index (χ2v) is 8.85. The van der Waals surface area contributed by atoms with Gasteiger partial charge < -0.3 is 10.1 Å². The van der Waals surface area contributed by atoms with Crippen molar-refractivity contribution in [2.24, 2.45) is 0 Å². The molecule has 2 N–H and O–H groups in total. The molecule has 7 heteroatoms. The molecule has 0 saturated heterocycles. The molecular formula is C24H26N2O4S. The molecule has 0 aliphatic carbocycles. The van der Waals surface area contributed by atoms with E-state index in [0.717, 1.165) is 29.7 Å². The smallest absolute Gasteiger partial charge is 0.261 e. The van der Waals surface area contributed by atoms with Gasteiger partial charge in [0, 0.05) is 6.54 Å². The fourth-order valence-electron chi connectivity index (χ4n) is 3.07. The molecule has 0 atom stereocenters. The third-order valence-corrected chi connectivity index (χ3v) is 6.22. The molecule has 6 nitrogen and oxygen atoms in total. The van der Waals surface area contributed by atoms with Gasteiger partial charge in [-0.15, -0.1) is 0 Å². The number of benzene rings is 3. The Morgan fingerprint density at radius 2 is 1.61 bits per heavy atom. The van der Waals surface area contributed by atoms with Gasteiger partial charge in [-0.05, 0) is 61.7 Å². The number of carbonyl (C=O) groups excluding carboxylic acids is 1. The number of rotatable bonds is 9. The van der Waals surface area contributed by atoms with Crippen LogP contribution in [0.2, 0.25) is 0 Å². The quantitative estimate of drug-likeness (QED) is 0.491. The summed E-state index contributed by atoms with van der Waals surface area (Å²) in [7, 11) is -2.17. The molecule has 0 bridgehead atoms. The Balaban J connectivity index is 1.61. The molecule has 0 aromatic heterocycles. The molecule has 0 spiro atoms. The van der Waals surface area contributed by atoms with Crippen LogP contribution in [0.4, 0.5) is 5.69 Å². The summed E-state index contributed by atoms with van der Waals surface area (Å²) < 4.78 is 33.1. The van der Waals surface area contributed by atoms with Gasteiger partial charge in [0.1, 0.15) is 5.75 Å². The predicted molar refractivity (Wildman–Crippen MR) is 122 cm³/mol. The van der Waals surface area contributed by atoms with Crippen molar-refractivity contribution in [2.45, 2.75) is 24.7 Å². The molecule has 0 heterocycles. The largest absolute Gasteiger partial charge is 0.497 e. The van der Waals surface area contributed by atoms with Gasteiger partial charge in [0.05, 0.1) is 23.3 Å². The van der Waals surface area contributed by atoms with E-state index in [-0.39, 0.29) is 22.1 Å². The van der Waals surface area contributed by atoms with Gasteiger partial charge in [-0.2, -0.15) is 0 Å². The summed E-state index contributed by atoms with van der Waals surface area (Å²) in [6.07, 6.45) is 1.57. The number of aryl methyl sites for hydroxylation is 2. The number of ether oxygens (including phenoxy) is 1. The second kappa shape index (κ2) is 10.1. The Labute approximate surface area is 183 Å². The summed E-state index contributed by atoms with van der Waals surface area (Å²) in [5, 5.41) is 2.87. The number of carbonyl (C=O) groups is 1.